The standard InChI is InChI=1S/C20H20N2O4/c23-19(14-7-8-14)22-15-9-5-13(6-10-15)11-21-20(24)18-12-25-16-3-1-2-4-17(16)26-18/h1-6,9-10,14,18H,7-8,11-12H2,(H,21,24)(H,22,23)/t18-/m0/s1. The normalized spacial score (nSPS) is 18.1. The van der Waals surface area contributed by atoms with Crippen LogP contribution >= 0.6 is 0 Å². The van der Waals surface area contributed by atoms with Crippen molar-refractivity contribution < 1.29 is 19.1 Å². The van der Waals surface area contributed by atoms with Gasteiger partial charge in [-0.15, -0.1) is 0 Å². The van der Waals surface area contributed by atoms with Crippen LogP contribution in [0.15, 0.2) is 48.5 Å². The first-order chi connectivity index (χ1) is 12.7. The van der Waals surface area contributed by atoms with E-state index >= 15 is 0 Å². The molecular formula is C20H20N2O4. The number of para-hydroxylation sites is 2. The van der Waals surface area contributed by atoms with Gasteiger partial charge in [0.15, 0.2) is 11.5 Å². The molecular weight excluding hydrogens is 332 g/mol. The number of anilines is 1. The minimum Gasteiger partial charge on any atom is -0.485 e. The number of hydrogen-bond acceptors (Lipinski definition) is 4. The predicted molar refractivity (Wildman–Crippen MR) is 96.0 cm³/mol. The molecule has 0 aromatic heterocycles. The van der Waals surface area contributed by atoms with Gasteiger partial charge in [-0.05, 0) is 42.7 Å². The summed E-state index contributed by atoms with van der Waals surface area (Å²) in [7, 11) is 0. The third-order valence-electron chi connectivity index (χ3n) is 4.44. The van der Waals surface area contributed by atoms with Gasteiger partial charge in [-0.3, -0.25) is 9.59 Å². The summed E-state index contributed by atoms with van der Waals surface area (Å²) in [5.74, 6) is 1.28. The van der Waals surface area contributed by atoms with Crippen molar-refractivity contribution in [3.05, 3.63) is 54.1 Å². The Morgan fingerprint density at radius 3 is 2.42 bits per heavy atom. The number of carbonyl (C=O) groups excluding carboxylic acids is 2. The van der Waals surface area contributed by atoms with Crippen LogP contribution in [0.25, 0.3) is 0 Å². The fraction of sp³-hybridized carbons (Fsp3) is 0.300. The molecule has 1 aliphatic carbocycles. The Morgan fingerprint density at radius 2 is 1.69 bits per heavy atom. The number of nitrogens with one attached hydrogen (secondary N) is 2. The highest BCUT2D eigenvalue weighted by Crippen LogP contribution is 2.31. The molecule has 1 heterocycles. The summed E-state index contributed by atoms with van der Waals surface area (Å²) < 4.78 is 11.2. The minimum absolute atomic E-state index is 0.0841. The minimum atomic E-state index is -0.665. The average molecular weight is 352 g/mol. The quantitative estimate of drug-likeness (QED) is 0.867. The molecule has 2 aromatic carbocycles. The highest BCUT2D eigenvalue weighted by atomic mass is 16.6. The average Bonchev–Trinajstić information content (AvgIpc) is 3.52. The van der Waals surface area contributed by atoms with Crippen LogP contribution < -0.4 is 20.1 Å². The van der Waals surface area contributed by atoms with E-state index in [1.807, 2.05) is 42.5 Å². The van der Waals surface area contributed by atoms with Crippen molar-refractivity contribution in [3.8, 4) is 11.5 Å². The second-order valence-electron chi connectivity index (χ2n) is 6.54. The summed E-state index contributed by atoms with van der Waals surface area (Å²) in [4.78, 5) is 24.0. The topological polar surface area (TPSA) is 76.7 Å². The summed E-state index contributed by atoms with van der Waals surface area (Å²) in [5, 5.41) is 5.75. The van der Waals surface area contributed by atoms with Gasteiger partial charge in [-0.25, -0.2) is 0 Å². The Labute approximate surface area is 151 Å². The first-order valence-electron chi connectivity index (χ1n) is 8.75. The molecule has 0 bridgehead atoms. The number of fused-ring (bicyclic) bond motifs is 1. The SMILES string of the molecule is O=C(Nc1ccc(CNC(=O)[C@@H]2COc3ccccc3O2)cc1)C1CC1. The van der Waals surface area contributed by atoms with Crippen LogP contribution in [0.1, 0.15) is 18.4 Å². The molecule has 6 nitrogen and oxygen atoms in total. The number of carbonyl (C=O) groups is 2. The van der Waals surface area contributed by atoms with Gasteiger partial charge < -0.3 is 20.1 Å². The van der Waals surface area contributed by atoms with Crippen molar-refractivity contribution in [2.45, 2.75) is 25.5 Å². The Balaban J connectivity index is 1.28. The number of ether oxygens (including phenoxy) is 2. The largest absolute Gasteiger partial charge is 0.485 e. The number of hydrogen-bond donors (Lipinski definition) is 2. The molecule has 1 saturated carbocycles. The van der Waals surface area contributed by atoms with Crippen LogP contribution in [0.2, 0.25) is 0 Å². The maximum atomic E-state index is 12.3. The van der Waals surface area contributed by atoms with Crippen LogP contribution in [0, 0.1) is 5.92 Å². The van der Waals surface area contributed by atoms with E-state index in [4.69, 9.17) is 9.47 Å². The lowest BCUT2D eigenvalue weighted by atomic mass is 10.2. The van der Waals surface area contributed by atoms with Crippen LogP contribution in [0.5, 0.6) is 11.5 Å². The van der Waals surface area contributed by atoms with Gasteiger partial charge in [-0.2, -0.15) is 0 Å². The molecule has 134 valence electrons. The number of benzene rings is 2. The van der Waals surface area contributed by atoms with Gasteiger partial charge in [0.2, 0.25) is 12.0 Å². The van der Waals surface area contributed by atoms with E-state index in [2.05, 4.69) is 10.6 Å². The molecule has 0 unspecified atom stereocenters. The molecule has 1 atom stereocenters. The van der Waals surface area contributed by atoms with E-state index in [0.717, 1.165) is 24.1 Å². The van der Waals surface area contributed by atoms with Gasteiger partial charge in [0, 0.05) is 18.2 Å². The van der Waals surface area contributed by atoms with E-state index in [0.29, 0.717) is 18.0 Å². The summed E-state index contributed by atoms with van der Waals surface area (Å²) >= 11 is 0. The summed E-state index contributed by atoms with van der Waals surface area (Å²) in [5.41, 5.74) is 1.72. The summed E-state index contributed by atoms with van der Waals surface area (Å²) in [6.45, 7) is 0.576. The fourth-order valence-corrected chi connectivity index (χ4v) is 2.75. The molecule has 6 heteroatoms. The lowest BCUT2D eigenvalue weighted by Crippen LogP contribution is -2.43. The molecule has 1 aliphatic heterocycles. The highest BCUT2D eigenvalue weighted by molar-refractivity contribution is 5.94. The zero-order chi connectivity index (χ0) is 17.9. The molecule has 4 rings (SSSR count). The van der Waals surface area contributed by atoms with Crippen LogP contribution in [-0.4, -0.2) is 24.5 Å². The Kier molecular flexibility index (Phi) is 4.48. The van der Waals surface area contributed by atoms with Gasteiger partial charge in [0.1, 0.15) is 6.61 Å². The van der Waals surface area contributed by atoms with Gasteiger partial charge in [-0.1, -0.05) is 24.3 Å². The summed E-state index contributed by atoms with van der Waals surface area (Å²) in [6.07, 6.45) is 1.29. The second kappa shape index (κ2) is 7.07. The first kappa shape index (κ1) is 16.4. The molecule has 0 radical (unpaired) electrons. The maximum absolute atomic E-state index is 12.3. The number of rotatable bonds is 5. The lowest BCUT2D eigenvalue weighted by Gasteiger charge is -2.25. The van der Waals surface area contributed by atoms with Crippen molar-refractivity contribution >= 4 is 17.5 Å². The number of amides is 2. The van der Waals surface area contributed by atoms with Crippen molar-refractivity contribution in [3.63, 3.8) is 0 Å². The van der Waals surface area contributed by atoms with E-state index in [9.17, 15) is 9.59 Å². The zero-order valence-corrected chi connectivity index (χ0v) is 14.2. The summed E-state index contributed by atoms with van der Waals surface area (Å²) in [6, 6.07) is 14.8. The van der Waals surface area contributed by atoms with Gasteiger partial charge >= 0.3 is 0 Å². The molecule has 26 heavy (non-hydrogen) atoms. The van der Waals surface area contributed by atoms with E-state index in [1.165, 1.54) is 0 Å². The fourth-order valence-electron chi connectivity index (χ4n) is 2.75. The predicted octanol–water partition coefficient (Wildman–Crippen LogP) is 2.49. The first-order valence-corrected chi connectivity index (χ1v) is 8.75. The Hall–Kier alpha value is -3.02. The third-order valence-corrected chi connectivity index (χ3v) is 4.44. The molecule has 1 fully saturated rings. The van der Waals surface area contributed by atoms with Crippen LogP contribution in [0.4, 0.5) is 5.69 Å². The van der Waals surface area contributed by atoms with Crippen molar-refractivity contribution in [2.24, 2.45) is 5.92 Å². The second-order valence-corrected chi connectivity index (χ2v) is 6.54. The smallest absolute Gasteiger partial charge is 0.264 e. The van der Waals surface area contributed by atoms with Crippen molar-refractivity contribution in [2.75, 3.05) is 11.9 Å². The van der Waals surface area contributed by atoms with Crippen LogP contribution in [0.3, 0.4) is 0 Å². The van der Waals surface area contributed by atoms with Crippen molar-refractivity contribution in [1.29, 1.82) is 0 Å². The van der Waals surface area contributed by atoms with E-state index < -0.39 is 6.10 Å². The zero-order valence-electron chi connectivity index (χ0n) is 14.2. The Morgan fingerprint density at radius 1 is 0.962 bits per heavy atom. The van der Waals surface area contributed by atoms with Crippen molar-refractivity contribution in [1.82, 2.24) is 5.32 Å². The monoisotopic (exact) mass is 352 g/mol. The van der Waals surface area contributed by atoms with E-state index in [-0.39, 0.29) is 24.3 Å². The van der Waals surface area contributed by atoms with E-state index in [1.54, 1.807) is 6.07 Å². The Bertz CT molecular complexity index is 815. The molecule has 0 saturated heterocycles. The molecule has 2 N–H and O–H groups in total. The van der Waals surface area contributed by atoms with Gasteiger partial charge in [0.05, 0.1) is 0 Å². The molecule has 2 amide bonds. The third kappa shape index (κ3) is 3.79. The maximum Gasteiger partial charge on any atom is 0.264 e. The highest BCUT2D eigenvalue weighted by Gasteiger charge is 2.29. The lowest BCUT2D eigenvalue weighted by molar-refractivity contribution is -0.130. The molecule has 2 aliphatic rings. The van der Waals surface area contributed by atoms with Crippen LogP contribution in [-0.2, 0) is 16.1 Å². The molecule has 0 spiro atoms. The van der Waals surface area contributed by atoms with Gasteiger partial charge in [0.25, 0.3) is 5.91 Å². The molecule has 2 aromatic rings.